The average Bonchev–Trinajstić information content (AvgIpc) is 3.33. The first-order valence-corrected chi connectivity index (χ1v) is 11.8. The number of H-pyrrole nitrogens is 1. The zero-order valence-corrected chi connectivity index (χ0v) is 20.8. The van der Waals surface area contributed by atoms with Crippen molar-refractivity contribution in [3.05, 3.63) is 88.4 Å². The molecule has 0 aliphatic rings. The molecule has 0 radical (unpaired) electrons. The van der Waals surface area contributed by atoms with Crippen molar-refractivity contribution in [3.63, 3.8) is 0 Å². The van der Waals surface area contributed by atoms with E-state index in [0.717, 1.165) is 64.3 Å². The van der Waals surface area contributed by atoms with Crippen LogP contribution in [0.2, 0.25) is 0 Å². The van der Waals surface area contributed by atoms with Gasteiger partial charge in [0.1, 0.15) is 6.07 Å². The number of aromatic amines is 1. The van der Waals surface area contributed by atoms with Crippen LogP contribution >= 0.6 is 0 Å². The Labute approximate surface area is 207 Å². The Hall–Kier alpha value is -3.92. The molecule has 35 heavy (non-hydrogen) atoms. The summed E-state index contributed by atoms with van der Waals surface area (Å²) in [6, 6.07) is 17.0. The number of aromatic nitrogens is 2. The second-order valence-electron chi connectivity index (χ2n) is 9.02. The smallest absolute Gasteiger partial charge is 0.103 e. The molecule has 0 bridgehead atoms. The van der Waals surface area contributed by atoms with Crippen molar-refractivity contribution in [2.45, 2.75) is 20.4 Å². The monoisotopic (exact) mass is 464 g/mol. The van der Waals surface area contributed by atoms with E-state index in [4.69, 9.17) is 0 Å². The van der Waals surface area contributed by atoms with Crippen LogP contribution < -0.4 is 10.6 Å². The molecule has 2 aromatic carbocycles. The minimum Gasteiger partial charge on any atom is -0.361 e. The SMILES string of the molecule is Cc1ncc(C#N)c(Nc2ccc3[nH]ccc3c2C)c1/C=C/c1cccc(CNCCN(C)C)c1. The van der Waals surface area contributed by atoms with Crippen LogP contribution in [-0.4, -0.2) is 42.1 Å². The van der Waals surface area contributed by atoms with Gasteiger partial charge in [-0.3, -0.25) is 4.98 Å². The number of rotatable bonds is 9. The first-order chi connectivity index (χ1) is 17.0. The normalized spacial score (nSPS) is 11.4. The fourth-order valence-electron chi connectivity index (χ4n) is 4.12. The van der Waals surface area contributed by atoms with E-state index in [1.54, 1.807) is 6.20 Å². The number of anilines is 2. The lowest BCUT2D eigenvalue weighted by molar-refractivity contribution is 0.400. The highest BCUT2D eigenvalue weighted by Gasteiger charge is 2.13. The van der Waals surface area contributed by atoms with Crippen LogP contribution in [0.4, 0.5) is 11.4 Å². The molecule has 0 aliphatic carbocycles. The third-order valence-corrected chi connectivity index (χ3v) is 6.16. The third kappa shape index (κ3) is 5.78. The molecule has 0 saturated carbocycles. The summed E-state index contributed by atoms with van der Waals surface area (Å²) in [6.07, 6.45) is 7.72. The summed E-state index contributed by atoms with van der Waals surface area (Å²) in [5, 5.41) is 18.0. The van der Waals surface area contributed by atoms with Gasteiger partial charge in [0, 0.05) is 59.9 Å². The Morgan fingerprint density at radius 3 is 2.77 bits per heavy atom. The molecule has 6 heteroatoms. The van der Waals surface area contributed by atoms with Crippen molar-refractivity contribution in [2.24, 2.45) is 0 Å². The molecule has 0 fully saturated rings. The summed E-state index contributed by atoms with van der Waals surface area (Å²) in [7, 11) is 4.16. The molecule has 0 saturated heterocycles. The summed E-state index contributed by atoms with van der Waals surface area (Å²) in [6.45, 7) is 6.84. The average molecular weight is 465 g/mol. The Balaban J connectivity index is 1.61. The summed E-state index contributed by atoms with van der Waals surface area (Å²) in [4.78, 5) is 9.90. The molecule has 6 nitrogen and oxygen atoms in total. The van der Waals surface area contributed by atoms with Gasteiger partial charge in [-0.2, -0.15) is 5.26 Å². The number of hydrogen-bond acceptors (Lipinski definition) is 5. The highest BCUT2D eigenvalue weighted by atomic mass is 15.1. The lowest BCUT2D eigenvalue weighted by Gasteiger charge is -2.16. The molecule has 3 N–H and O–H groups in total. The van der Waals surface area contributed by atoms with Crippen molar-refractivity contribution in [3.8, 4) is 6.07 Å². The molecular weight excluding hydrogens is 432 g/mol. The number of benzene rings is 2. The number of nitrogens with zero attached hydrogens (tertiary/aromatic N) is 3. The fraction of sp³-hybridized carbons (Fsp3) is 0.241. The first kappa shape index (κ1) is 24.2. The van der Waals surface area contributed by atoms with Crippen molar-refractivity contribution in [2.75, 3.05) is 32.5 Å². The molecule has 0 aliphatic heterocycles. The molecule has 4 rings (SSSR count). The van der Waals surface area contributed by atoms with Crippen LogP contribution in [0.25, 0.3) is 23.1 Å². The molecule has 2 aromatic heterocycles. The van der Waals surface area contributed by atoms with Gasteiger partial charge in [0.25, 0.3) is 0 Å². The lowest BCUT2D eigenvalue weighted by atomic mass is 10.0. The van der Waals surface area contributed by atoms with E-state index in [9.17, 15) is 5.26 Å². The maximum Gasteiger partial charge on any atom is 0.103 e. The van der Waals surface area contributed by atoms with Crippen LogP contribution in [0.15, 0.2) is 54.9 Å². The van der Waals surface area contributed by atoms with Gasteiger partial charge in [-0.05, 0) is 62.8 Å². The first-order valence-electron chi connectivity index (χ1n) is 11.8. The van der Waals surface area contributed by atoms with Crippen molar-refractivity contribution in [1.82, 2.24) is 20.2 Å². The molecular formula is C29H32N6. The fourth-order valence-corrected chi connectivity index (χ4v) is 4.12. The highest BCUT2D eigenvalue weighted by molar-refractivity contribution is 5.90. The van der Waals surface area contributed by atoms with Gasteiger partial charge in [0.05, 0.1) is 11.3 Å². The minimum atomic E-state index is 0.516. The predicted molar refractivity (Wildman–Crippen MR) is 146 cm³/mol. The van der Waals surface area contributed by atoms with Crippen LogP contribution in [-0.2, 0) is 6.54 Å². The number of fused-ring (bicyclic) bond motifs is 1. The van der Waals surface area contributed by atoms with Crippen molar-refractivity contribution in [1.29, 1.82) is 5.26 Å². The maximum atomic E-state index is 9.81. The largest absolute Gasteiger partial charge is 0.361 e. The van der Waals surface area contributed by atoms with Gasteiger partial charge < -0.3 is 20.5 Å². The standard InChI is InChI=1S/C29H32N6/c1-20-25-12-13-32-28(25)11-10-27(20)34-29-24(17-30)19-33-21(2)26(29)9-8-22-6-5-7-23(16-22)18-31-14-15-35(3)4/h5-13,16,19,31-32H,14-15,18H2,1-4H3,(H,33,34)/b9-8+. The van der Waals surface area contributed by atoms with E-state index >= 15 is 0 Å². The highest BCUT2D eigenvalue weighted by Crippen LogP contribution is 2.32. The quantitative estimate of drug-likeness (QED) is 0.280. The molecule has 0 spiro atoms. The summed E-state index contributed by atoms with van der Waals surface area (Å²) in [5.41, 5.74) is 8.60. The van der Waals surface area contributed by atoms with Crippen LogP contribution in [0.5, 0.6) is 0 Å². The molecule has 4 aromatic rings. The Bertz CT molecular complexity index is 1390. The van der Waals surface area contributed by atoms with Gasteiger partial charge in [-0.15, -0.1) is 0 Å². The van der Waals surface area contributed by atoms with Crippen molar-refractivity contribution < 1.29 is 0 Å². The molecule has 178 valence electrons. The van der Waals surface area contributed by atoms with Crippen LogP contribution in [0, 0.1) is 25.2 Å². The second-order valence-corrected chi connectivity index (χ2v) is 9.02. The number of pyridine rings is 1. The van der Waals surface area contributed by atoms with E-state index < -0.39 is 0 Å². The zero-order valence-electron chi connectivity index (χ0n) is 20.8. The maximum absolute atomic E-state index is 9.81. The van der Waals surface area contributed by atoms with Gasteiger partial charge in [-0.1, -0.05) is 36.4 Å². The van der Waals surface area contributed by atoms with E-state index in [2.05, 4.69) is 95.1 Å². The second kappa shape index (κ2) is 11.0. The Morgan fingerprint density at radius 1 is 1.11 bits per heavy atom. The zero-order chi connectivity index (χ0) is 24.8. The number of nitriles is 1. The Morgan fingerprint density at radius 2 is 1.97 bits per heavy atom. The number of likely N-dealkylation sites (N-methyl/N-ethyl adjacent to an activating group) is 1. The molecule has 2 heterocycles. The topological polar surface area (TPSA) is 79.8 Å². The summed E-state index contributed by atoms with van der Waals surface area (Å²) < 4.78 is 0. The number of hydrogen-bond donors (Lipinski definition) is 3. The number of aryl methyl sites for hydroxylation is 2. The Kier molecular flexibility index (Phi) is 7.61. The van der Waals surface area contributed by atoms with Gasteiger partial charge >= 0.3 is 0 Å². The van der Waals surface area contributed by atoms with E-state index in [1.165, 1.54) is 5.56 Å². The van der Waals surface area contributed by atoms with Crippen LogP contribution in [0.1, 0.15) is 33.5 Å². The predicted octanol–water partition coefficient (Wildman–Crippen LogP) is 5.62. The van der Waals surface area contributed by atoms with Gasteiger partial charge in [-0.25, -0.2) is 0 Å². The summed E-state index contributed by atoms with van der Waals surface area (Å²) >= 11 is 0. The molecule has 0 atom stereocenters. The van der Waals surface area contributed by atoms with Gasteiger partial charge in [0.15, 0.2) is 0 Å². The van der Waals surface area contributed by atoms with Crippen molar-refractivity contribution >= 4 is 34.4 Å². The molecule has 0 unspecified atom stereocenters. The van der Waals surface area contributed by atoms with E-state index in [0.29, 0.717) is 5.56 Å². The third-order valence-electron chi connectivity index (χ3n) is 6.16. The van der Waals surface area contributed by atoms with E-state index in [1.807, 2.05) is 25.3 Å². The van der Waals surface area contributed by atoms with E-state index in [-0.39, 0.29) is 0 Å². The van der Waals surface area contributed by atoms with Gasteiger partial charge in [0.2, 0.25) is 0 Å². The number of nitrogens with one attached hydrogen (secondary N) is 3. The molecule has 0 amide bonds. The summed E-state index contributed by atoms with van der Waals surface area (Å²) in [5.74, 6) is 0. The van der Waals surface area contributed by atoms with Crippen LogP contribution in [0.3, 0.4) is 0 Å². The minimum absolute atomic E-state index is 0.516. The lowest BCUT2D eigenvalue weighted by Crippen LogP contribution is -2.26.